The van der Waals surface area contributed by atoms with Crippen molar-refractivity contribution in [1.82, 2.24) is 10.2 Å². The fourth-order valence-corrected chi connectivity index (χ4v) is 4.90. The molecule has 0 unspecified atom stereocenters. The lowest BCUT2D eigenvalue weighted by atomic mass is 9.80. The number of hydrogen-bond acceptors (Lipinski definition) is 6. The molecule has 1 aromatic heterocycles. The molecule has 8 nitrogen and oxygen atoms in total. The van der Waals surface area contributed by atoms with Crippen LogP contribution < -0.4 is 5.32 Å². The van der Waals surface area contributed by atoms with Gasteiger partial charge in [-0.25, -0.2) is 4.79 Å². The zero-order chi connectivity index (χ0) is 20.1. The van der Waals surface area contributed by atoms with Crippen molar-refractivity contribution in [1.29, 1.82) is 0 Å². The summed E-state index contributed by atoms with van der Waals surface area (Å²) in [4.78, 5) is 50.8. The molecule has 4 rings (SSSR count). The first-order chi connectivity index (χ1) is 13.3. The SMILES string of the molecule is Cc1ccc(C(=O)CN2C(=O)N[C@]3(CCCc4sccc43)C2=O)cc1[N+](=O)[O-]. The van der Waals surface area contributed by atoms with Gasteiger partial charge in [0.15, 0.2) is 5.78 Å². The molecule has 1 spiro atoms. The molecule has 9 heteroatoms. The van der Waals surface area contributed by atoms with Crippen molar-refractivity contribution in [3.63, 3.8) is 0 Å². The summed E-state index contributed by atoms with van der Waals surface area (Å²) in [6.07, 6.45) is 2.12. The van der Waals surface area contributed by atoms with E-state index in [9.17, 15) is 24.5 Å². The van der Waals surface area contributed by atoms with E-state index in [1.807, 2.05) is 11.4 Å². The van der Waals surface area contributed by atoms with Crippen LogP contribution in [0, 0.1) is 17.0 Å². The lowest BCUT2D eigenvalue weighted by molar-refractivity contribution is -0.385. The molecule has 1 fully saturated rings. The lowest BCUT2D eigenvalue weighted by Crippen LogP contribution is -2.46. The van der Waals surface area contributed by atoms with Gasteiger partial charge in [-0.3, -0.25) is 24.6 Å². The van der Waals surface area contributed by atoms with Crippen molar-refractivity contribution in [2.75, 3.05) is 6.54 Å². The molecular formula is C19H17N3O5S. The number of aryl methyl sites for hydroxylation is 2. The van der Waals surface area contributed by atoms with Gasteiger partial charge in [-0.15, -0.1) is 11.3 Å². The Hall–Kier alpha value is -3.07. The number of thiophene rings is 1. The topological polar surface area (TPSA) is 110 Å². The number of nitro groups is 1. The van der Waals surface area contributed by atoms with Gasteiger partial charge in [-0.2, -0.15) is 0 Å². The summed E-state index contributed by atoms with van der Waals surface area (Å²) >= 11 is 1.55. The second-order valence-electron chi connectivity index (χ2n) is 7.02. The average molecular weight is 399 g/mol. The third kappa shape index (κ3) is 2.70. The van der Waals surface area contributed by atoms with E-state index in [-0.39, 0.29) is 11.3 Å². The molecule has 2 aliphatic rings. The van der Waals surface area contributed by atoms with Gasteiger partial charge in [-0.1, -0.05) is 12.1 Å². The van der Waals surface area contributed by atoms with E-state index in [0.717, 1.165) is 28.2 Å². The van der Waals surface area contributed by atoms with Crippen LogP contribution >= 0.6 is 11.3 Å². The van der Waals surface area contributed by atoms with Gasteiger partial charge in [0.1, 0.15) is 5.54 Å². The van der Waals surface area contributed by atoms with Crippen molar-refractivity contribution >= 4 is 34.7 Å². The number of fused-ring (bicyclic) bond motifs is 2. The minimum absolute atomic E-state index is 0.0960. The molecule has 1 atom stereocenters. The standard InChI is InChI=1S/C19H17N3O5S/c1-11-4-5-12(9-14(11)22(26)27)15(23)10-21-17(24)19(20-18(21)25)7-2-3-16-13(19)6-8-28-16/h4-6,8-9H,2-3,7,10H2,1H3,(H,20,25)/t19-/m0/s1. The molecule has 144 valence electrons. The molecule has 1 aliphatic heterocycles. The number of urea groups is 1. The van der Waals surface area contributed by atoms with Crippen LogP contribution in [0.5, 0.6) is 0 Å². The molecular weight excluding hydrogens is 382 g/mol. The van der Waals surface area contributed by atoms with E-state index in [1.165, 1.54) is 18.2 Å². The van der Waals surface area contributed by atoms with Gasteiger partial charge >= 0.3 is 6.03 Å². The summed E-state index contributed by atoms with van der Waals surface area (Å²) in [5.41, 5.74) is 0.0589. The Morgan fingerprint density at radius 3 is 2.89 bits per heavy atom. The van der Waals surface area contributed by atoms with Crippen LogP contribution in [0.4, 0.5) is 10.5 Å². The predicted octanol–water partition coefficient (Wildman–Crippen LogP) is 2.93. The molecule has 0 bridgehead atoms. The van der Waals surface area contributed by atoms with Gasteiger partial charge in [-0.05, 0) is 37.6 Å². The Morgan fingerprint density at radius 2 is 2.14 bits per heavy atom. The molecule has 1 aliphatic carbocycles. The van der Waals surface area contributed by atoms with Crippen LogP contribution in [-0.2, 0) is 16.8 Å². The first-order valence-corrected chi connectivity index (χ1v) is 9.70. The molecule has 0 saturated carbocycles. The van der Waals surface area contributed by atoms with E-state index in [4.69, 9.17) is 0 Å². The molecule has 1 aromatic carbocycles. The quantitative estimate of drug-likeness (QED) is 0.368. The highest BCUT2D eigenvalue weighted by Crippen LogP contribution is 2.42. The number of imide groups is 1. The number of hydrogen-bond donors (Lipinski definition) is 1. The molecule has 1 saturated heterocycles. The molecule has 2 heterocycles. The maximum absolute atomic E-state index is 13.1. The number of rotatable bonds is 4. The van der Waals surface area contributed by atoms with E-state index < -0.39 is 34.7 Å². The fraction of sp³-hybridized carbons (Fsp3) is 0.316. The Kier molecular flexibility index (Phi) is 4.26. The lowest BCUT2D eigenvalue weighted by Gasteiger charge is -2.31. The Balaban J connectivity index is 1.61. The van der Waals surface area contributed by atoms with Crippen molar-refractivity contribution in [2.24, 2.45) is 0 Å². The van der Waals surface area contributed by atoms with Crippen LogP contribution in [0.3, 0.4) is 0 Å². The van der Waals surface area contributed by atoms with Crippen LogP contribution in [-0.4, -0.2) is 34.1 Å². The first kappa shape index (κ1) is 18.3. The van der Waals surface area contributed by atoms with Gasteiger partial charge in [0, 0.05) is 27.6 Å². The Labute approximate surface area is 164 Å². The van der Waals surface area contributed by atoms with Gasteiger partial charge in [0.25, 0.3) is 11.6 Å². The highest BCUT2D eigenvalue weighted by Gasteiger charge is 2.54. The van der Waals surface area contributed by atoms with Crippen LogP contribution in [0.25, 0.3) is 0 Å². The summed E-state index contributed by atoms with van der Waals surface area (Å²) in [6, 6.07) is 5.38. The fourth-order valence-electron chi connectivity index (χ4n) is 3.90. The average Bonchev–Trinajstić information content (AvgIpc) is 3.22. The number of Topliss-reactive ketones (excluding diaryl/α,β-unsaturated/α-hetero) is 1. The van der Waals surface area contributed by atoms with E-state index in [1.54, 1.807) is 18.3 Å². The monoisotopic (exact) mass is 399 g/mol. The number of benzene rings is 1. The normalized spacial score (nSPS) is 21.0. The number of amides is 3. The second kappa shape index (κ2) is 6.52. The molecule has 1 N–H and O–H groups in total. The third-order valence-corrected chi connectivity index (χ3v) is 6.35. The number of carbonyl (C=O) groups is 3. The van der Waals surface area contributed by atoms with Crippen molar-refractivity contribution in [3.05, 3.63) is 61.3 Å². The smallest absolute Gasteiger partial charge is 0.319 e. The summed E-state index contributed by atoms with van der Waals surface area (Å²) in [5.74, 6) is -0.961. The minimum Gasteiger partial charge on any atom is -0.319 e. The van der Waals surface area contributed by atoms with Crippen molar-refractivity contribution in [2.45, 2.75) is 31.7 Å². The van der Waals surface area contributed by atoms with Gasteiger partial charge in [0.2, 0.25) is 0 Å². The summed E-state index contributed by atoms with van der Waals surface area (Å²) in [5, 5.41) is 15.8. The number of nitro benzene ring substituents is 1. The number of nitrogens with zero attached hydrogens (tertiary/aromatic N) is 2. The molecule has 0 radical (unpaired) electrons. The Morgan fingerprint density at radius 1 is 1.36 bits per heavy atom. The number of ketones is 1. The van der Waals surface area contributed by atoms with Crippen LogP contribution in [0.2, 0.25) is 0 Å². The second-order valence-corrected chi connectivity index (χ2v) is 8.02. The zero-order valence-electron chi connectivity index (χ0n) is 15.1. The Bertz CT molecular complexity index is 1030. The van der Waals surface area contributed by atoms with E-state index >= 15 is 0 Å². The van der Waals surface area contributed by atoms with E-state index in [2.05, 4.69) is 5.32 Å². The highest BCUT2D eigenvalue weighted by atomic mass is 32.1. The number of carbonyl (C=O) groups excluding carboxylic acids is 3. The minimum atomic E-state index is -1.11. The zero-order valence-corrected chi connectivity index (χ0v) is 15.9. The van der Waals surface area contributed by atoms with Crippen molar-refractivity contribution in [3.8, 4) is 0 Å². The van der Waals surface area contributed by atoms with E-state index in [0.29, 0.717) is 12.0 Å². The predicted molar refractivity (Wildman–Crippen MR) is 101 cm³/mol. The molecule has 28 heavy (non-hydrogen) atoms. The van der Waals surface area contributed by atoms with Crippen LogP contribution in [0.1, 0.15) is 39.2 Å². The number of nitrogens with one attached hydrogen (secondary N) is 1. The van der Waals surface area contributed by atoms with Gasteiger partial charge < -0.3 is 5.32 Å². The molecule has 2 aromatic rings. The summed E-state index contributed by atoms with van der Waals surface area (Å²) < 4.78 is 0. The van der Waals surface area contributed by atoms with Crippen molar-refractivity contribution < 1.29 is 19.3 Å². The third-order valence-electron chi connectivity index (χ3n) is 5.37. The van der Waals surface area contributed by atoms with Gasteiger partial charge in [0.05, 0.1) is 11.5 Å². The largest absolute Gasteiger partial charge is 0.325 e. The highest BCUT2D eigenvalue weighted by molar-refractivity contribution is 7.10. The summed E-state index contributed by atoms with van der Waals surface area (Å²) in [6.45, 7) is 1.13. The maximum Gasteiger partial charge on any atom is 0.325 e. The van der Waals surface area contributed by atoms with Crippen LogP contribution in [0.15, 0.2) is 29.6 Å². The molecule has 3 amide bonds. The first-order valence-electron chi connectivity index (χ1n) is 8.83. The maximum atomic E-state index is 13.1. The summed E-state index contributed by atoms with van der Waals surface area (Å²) in [7, 11) is 0.